The van der Waals surface area contributed by atoms with Crippen molar-refractivity contribution in [3.8, 4) is 12.3 Å². The Kier molecular flexibility index (Phi) is 5.71. The van der Waals surface area contributed by atoms with Crippen molar-refractivity contribution in [2.45, 2.75) is 36.4 Å². The SMILES string of the molecule is C#CC(O)(CNC1[C@H](O)OC(CO)[C@H](O)[C@@H]1O)[N+](C)(C)C. The maximum atomic E-state index is 10.4. The molecular weight excluding hydrogens is 280 g/mol. The molecule has 0 radical (unpaired) electrons. The smallest absolute Gasteiger partial charge is 0.277 e. The van der Waals surface area contributed by atoms with E-state index in [2.05, 4.69) is 11.2 Å². The van der Waals surface area contributed by atoms with Gasteiger partial charge in [0.2, 0.25) is 0 Å². The summed E-state index contributed by atoms with van der Waals surface area (Å²) in [7, 11) is 5.09. The summed E-state index contributed by atoms with van der Waals surface area (Å²) in [4.78, 5) is 0. The molecule has 6 atom stereocenters. The first-order valence-electron chi connectivity index (χ1n) is 6.63. The van der Waals surface area contributed by atoms with E-state index in [1.54, 1.807) is 21.1 Å². The molecule has 6 N–H and O–H groups in total. The maximum absolute atomic E-state index is 10.4. The first kappa shape index (κ1) is 18.3. The van der Waals surface area contributed by atoms with Crippen LogP contribution in [0.2, 0.25) is 0 Å². The van der Waals surface area contributed by atoms with Crippen LogP contribution in [0.3, 0.4) is 0 Å². The second-order valence-corrected chi connectivity index (χ2v) is 6.11. The van der Waals surface area contributed by atoms with Crippen LogP contribution in [0.5, 0.6) is 0 Å². The van der Waals surface area contributed by atoms with E-state index >= 15 is 0 Å². The molecule has 3 unspecified atom stereocenters. The Labute approximate surface area is 124 Å². The number of rotatable bonds is 5. The number of nitrogens with one attached hydrogen (secondary N) is 1. The van der Waals surface area contributed by atoms with Crippen molar-refractivity contribution in [3.63, 3.8) is 0 Å². The van der Waals surface area contributed by atoms with Crippen molar-refractivity contribution >= 4 is 0 Å². The number of nitrogens with zero attached hydrogens (tertiary/aromatic N) is 1. The summed E-state index contributed by atoms with van der Waals surface area (Å²) in [6, 6.07) is -1.05. The Morgan fingerprint density at radius 3 is 2.24 bits per heavy atom. The number of ether oxygens (including phenoxy) is 1. The molecule has 1 aliphatic rings. The lowest BCUT2D eigenvalue weighted by Crippen LogP contribution is -2.67. The lowest BCUT2D eigenvalue weighted by Gasteiger charge is -2.43. The molecule has 1 rings (SSSR count). The predicted molar refractivity (Wildman–Crippen MR) is 73.6 cm³/mol. The molecule has 0 aromatic carbocycles. The van der Waals surface area contributed by atoms with Gasteiger partial charge in [-0.15, -0.1) is 6.42 Å². The number of hydrogen-bond donors (Lipinski definition) is 6. The molecule has 1 aliphatic heterocycles. The topological polar surface area (TPSA) is 122 Å². The van der Waals surface area contributed by atoms with Gasteiger partial charge in [-0.3, -0.25) is 9.80 Å². The molecule has 0 aromatic rings. The average Bonchev–Trinajstić information content (AvgIpc) is 2.41. The summed E-state index contributed by atoms with van der Waals surface area (Å²) in [6.45, 7) is -0.666. The van der Waals surface area contributed by atoms with Gasteiger partial charge < -0.3 is 30.3 Å². The van der Waals surface area contributed by atoms with E-state index in [9.17, 15) is 20.4 Å². The molecule has 8 nitrogen and oxygen atoms in total. The van der Waals surface area contributed by atoms with Gasteiger partial charge in [0.25, 0.3) is 5.72 Å². The summed E-state index contributed by atoms with van der Waals surface area (Å²) < 4.78 is 5.05. The minimum absolute atomic E-state index is 0.0398. The molecule has 1 fully saturated rings. The molecule has 122 valence electrons. The highest BCUT2D eigenvalue weighted by Crippen LogP contribution is 2.21. The fourth-order valence-corrected chi connectivity index (χ4v) is 2.06. The number of aliphatic hydroxyl groups is 5. The molecule has 0 amide bonds. The molecule has 0 spiro atoms. The molecule has 0 bridgehead atoms. The van der Waals surface area contributed by atoms with Crippen LogP contribution in [0.25, 0.3) is 0 Å². The van der Waals surface area contributed by atoms with Crippen LogP contribution in [0, 0.1) is 12.3 Å². The minimum atomic E-state index is -1.57. The summed E-state index contributed by atoms with van der Waals surface area (Å²) in [6.07, 6.45) is 0.0976. The van der Waals surface area contributed by atoms with Gasteiger partial charge in [-0.25, -0.2) is 0 Å². The van der Waals surface area contributed by atoms with Gasteiger partial charge >= 0.3 is 0 Å². The quantitative estimate of drug-likeness (QED) is 0.176. The van der Waals surface area contributed by atoms with Gasteiger partial charge in [0, 0.05) is 0 Å². The van der Waals surface area contributed by atoms with Gasteiger partial charge in [-0.1, -0.05) is 0 Å². The number of hydrogen-bond acceptors (Lipinski definition) is 7. The Morgan fingerprint density at radius 2 is 1.81 bits per heavy atom. The first-order chi connectivity index (χ1) is 9.57. The lowest BCUT2D eigenvalue weighted by atomic mass is 9.96. The zero-order valence-corrected chi connectivity index (χ0v) is 12.5. The molecule has 21 heavy (non-hydrogen) atoms. The highest BCUT2D eigenvalue weighted by atomic mass is 16.6. The molecule has 0 aliphatic carbocycles. The molecule has 1 saturated heterocycles. The van der Waals surface area contributed by atoms with Crippen molar-refractivity contribution in [2.24, 2.45) is 0 Å². The average molecular weight is 305 g/mol. The Balaban J connectivity index is 2.77. The summed E-state index contributed by atoms with van der Waals surface area (Å²) in [5.74, 6) is 2.28. The predicted octanol–water partition coefficient (Wildman–Crippen LogP) is -3.60. The third kappa shape index (κ3) is 3.71. The van der Waals surface area contributed by atoms with Crippen molar-refractivity contribution in [1.29, 1.82) is 0 Å². The Bertz CT molecular complexity index is 393. The van der Waals surface area contributed by atoms with Crippen molar-refractivity contribution in [3.05, 3.63) is 0 Å². The fourth-order valence-electron chi connectivity index (χ4n) is 2.06. The van der Waals surface area contributed by atoms with Crippen LogP contribution in [-0.2, 0) is 4.74 Å². The third-order valence-corrected chi connectivity index (χ3v) is 3.83. The first-order valence-corrected chi connectivity index (χ1v) is 6.63. The van der Waals surface area contributed by atoms with Gasteiger partial charge in [0.15, 0.2) is 6.29 Å². The minimum Gasteiger partial charge on any atom is -0.394 e. The Hall–Kier alpha value is -0.760. The normalized spacial score (nSPS) is 36.8. The zero-order chi connectivity index (χ0) is 16.4. The third-order valence-electron chi connectivity index (χ3n) is 3.83. The highest BCUT2D eigenvalue weighted by Gasteiger charge is 2.46. The van der Waals surface area contributed by atoms with Crippen molar-refractivity contribution in [2.75, 3.05) is 34.3 Å². The summed E-state index contributed by atoms with van der Waals surface area (Å²) >= 11 is 0. The van der Waals surface area contributed by atoms with Crippen LogP contribution in [0.4, 0.5) is 0 Å². The molecule has 0 aromatic heterocycles. The van der Waals surface area contributed by atoms with E-state index in [1.165, 1.54) is 0 Å². The van der Waals surface area contributed by atoms with Gasteiger partial charge in [-0.05, 0) is 5.92 Å². The Morgan fingerprint density at radius 1 is 1.24 bits per heavy atom. The van der Waals surface area contributed by atoms with Crippen LogP contribution in [0.1, 0.15) is 0 Å². The number of likely N-dealkylation sites (N-methyl/N-ethyl adjacent to an activating group) is 1. The molecular formula is C13H25N2O6+. The second kappa shape index (κ2) is 6.56. The zero-order valence-electron chi connectivity index (χ0n) is 12.5. The molecule has 1 heterocycles. The highest BCUT2D eigenvalue weighted by molar-refractivity contribution is 5.04. The standard InChI is InChI=1S/C13H25N2O6/c1-5-13(20,15(2,3)4)7-14-9-11(18)10(17)8(6-16)21-12(9)19/h1,8-12,14,16-20H,6-7H2,2-4H3/q+1/t8?,9?,10-,11+,12+,13?/m0/s1. The summed E-state index contributed by atoms with van der Waals surface area (Å²) in [5.41, 5.74) is -1.57. The maximum Gasteiger partial charge on any atom is 0.277 e. The van der Waals surface area contributed by atoms with Crippen LogP contribution in [0.15, 0.2) is 0 Å². The van der Waals surface area contributed by atoms with Crippen molar-refractivity contribution < 1.29 is 34.8 Å². The van der Waals surface area contributed by atoms with E-state index in [4.69, 9.17) is 16.3 Å². The largest absolute Gasteiger partial charge is 0.394 e. The van der Waals surface area contributed by atoms with Gasteiger partial charge in [0.05, 0.1) is 40.3 Å². The van der Waals surface area contributed by atoms with Crippen LogP contribution < -0.4 is 5.32 Å². The van der Waals surface area contributed by atoms with E-state index in [1.807, 2.05) is 0 Å². The van der Waals surface area contributed by atoms with Gasteiger partial charge in [0.1, 0.15) is 18.3 Å². The van der Waals surface area contributed by atoms with Gasteiger partial charge in [-0.2, -0.15) is 0 Å². The monoisotopic (exact) mass is 305 g/mol. The van der Waals surface area contributed by atoms with E-state index < -0.39 is 43.0 Å². The van der Waals surface area contributed by atoms with Crippen molar-refractivity contribution in [1.82, 2.24) is 5.32 Å². The summed E-state index contributed by atoms with van der Waals surface area (Å²) in [5, 5.41) is 51.7. The number of quaternary nitrogens is 1. The van der Waals surface area contributed by atoms with Crippen LogP contribution in [-0.4, -0.2) is 101 Å². The van der Waals surface area contributed by atoms with E-state index in [0.717, 1.165) is 0 Å². The van der Waals surface area contributed by atoms with E-state index in [-0.39, 0.29) is 11.0 Å². The number of terminal acetylenes is 1. The molecule has 8 heteroatoms. The lowest BCUT2D eigenvalue weighted by molar-refractivity contribution is -0.937. The second-order valence-electron chi connectivity index (χ2n) is 6.11. The number of aliphatic hydroxyl groups excluding tert-OH is 4. The fraction of sp³-hybridized carbons (Fsp3) is 0.846. The molecule has 0 saturated carbocycles. The van der Waals surface area contributed by atoms with E-state index in [0.29, 0.717) is 0 Å². The van der Waals surface area contributed by atoms with Crippen LogP contribution >= 0.6 is 0 Å².